The first-order valence-corrected chi connectivity index (χ1v) is 9.50. The van der Waals surface area contributed by atoms with Crippen LogP contribution < -0.4 is 5.32 Å². The molecule has 1 saturated heterocycles. The minimum Gasteiger partial charge on any atom is -0.326 e. The fourth-order valence-corrected chi connectivity index (χ4v) is 3.96. The Balaban J connectivity index is 1.49. The summed E-state index contributed by atoms with van der Waals surface area (Å²) in [7, 11) is 0. The number of likely N-dealkylation sites (tertiary alicyclic amines) is 1. The number of carbonyl (C=O) groups excluding carboxylic acids is 2. The molecule has 1 atom stereocenters. The van der Waals surface area contributed by atoms with Crippen LogP contribution >= 0.6 is 11.3 Å². The minimum atomic E-state index is -0.436. The van der Waals surface area contributed by atoms with Crippen molar-refractivity contribution in [3.8, 4) is 0 Å². The number of nitrogens with one attached hydrogen (secondary N) is 1. The molecule has 3 heterocycles. The summed E-state index contributed by atoms with van der Waals surface area (Å²) in [5.41, 5.74) is 1.00. The second kappa shape index (κ2) is 6.55. The van der Waals surface area contributed by atoms with Crippen LogP contribution in [0.15, 0.2) is 23.6 Å². The lowest BCUT2D eigenvalue weighted by atomic mass is 10.2. The standard InChI is InChI=1S/C18H20N4O2S/c1-11-19-13(12-6-7-12)10-16(20-11)21-17(23)14-4-2-8-22(14)18(24)15-5-3-9-25-15/h3,5,9-10,12,14H,2,4,6-8H2,1H3,(H,19,20,21,23)/t14-/m0/s1. The summed E-state index contributed by atoms with van der Waals surface area (Å²) < 4.78 is 0. The second-order valence-corrected chi connectivity index (χ2v) is 7.57. The lowest BCUT2D eigenvalue weighted by Crippen LogP contribution is -2.43. The number of amides is 2. The van der Waals surface area contributed by atoms with E-state index >= 15 is 0 Å². The van der Waals surface area contributed by atoms with E-state index in [2.05, 4.69) is 15.3 Å². The third-order valence-corrected chi connectivity index (χ3v) is 5.51. The molecule has 2 aliphatic rings. The van der Waals surface area contributed by atoms with Crippen LogP contribution in [0.4, 0.5) is 5.82 Å². The summed E-state index contributed by atoms with van der Waals surface area (Å²) in [4.78, 5) is 36.5. The predicted molar refractivity (Wildman–Crippen MR) is 95.8 cm³/mol. The summed E-state index contributed by atoms with van der Waals surface area (Å²) in [6, 6.07) is 5.08. The number of hydrogen-bond acceptors (Lipinski definition) is 5. The van der Waals surface area contributed by atoms with Crippen molar-refractivity contribution in [2.24, 2.45) is 0 Å². The number of aryl methyl sites for hydroxylation is 1. The molecule has 2 aromatic heterocycles. The van der Waals surface area contributed by atoms with E-state index in [0.717, 1.165) is 25.0 Å². The molecule has 1 aliphatic heterocycles. The normalized spacial score (nSPS) is 19.9. The van der Waals surface area contributed by atoms with Crippen LogP contribution in [0, 0.1) is 6.92 Å². The van der Waals surface area contributed by atoms with Crippen LogP contribution in [0.2, 0.25) is 0 Å². The molecule has 0 spiro atoms. The van der Waals surface area contributed by atoms with Gasteiger partial charge in [0.25, 0.3) is 5.91 Å². The number of thiophene rings is 1. The van der Waals surface area contributed by atoms with Gasteiger partial charge in [0.2, 0.25) is 5.91 Å². The molecule has 7 heteroatoms. The monoisotopic (exact) mass is 356 g/mol. The summed E-state index contributed by atoms with van der Waals surface area (Å²) in [6.45, 7) is 2.45. The molecular formula is C18H20N4O2S. The summed E-state index contributed by atoms with van der Waals surface area (Å²) in [5.74, 6) is 1.47. The minimum absolute atomic E-state index is 0.0646. The van der Waals surface area contributed by atoms with E-state index in [-0.39, 0.29) is 11.8 Å². The van der Waals surface area contributed by atoms with Gasteiger partial charge in [0.05, 0.1) is 4.88 Å². The van der Waals surface area contributed by atoms with Crippen molar-refractivity contribution in [2.75, 3.05) is 11.9 Å². The first kappa shape index (κ1) is 16.2. The highest BCUT2D eigenvalue weighted by Crippen LogP contribution is 2.39. The SMILES string of the molecule is Cc1nc(NC(=O)[C@@H]2CCCN2C(=O)c2cccs2)cc(C2CC2)n1. The zero-order valence-electron chi connectivity index (χ0n) is 14.1. The number of aromatic nitrogens is 2. The summed E-state index contributed by atoms with van der Waals surface area (Å²) in [6.07, 6.45) is 3.82. The molecule has 25 heavy (non-hydrogen) atoms. The Morgan fingerprint density at radius 3 is 2.84 bits per heavy atom. The lowest BCUT2D eigenvalue weighted by molar-refractivity contribution is -0.119. The Kier molecular flexibility index (Phi) is 4.25. The van der Waals surface area contributed by atoms with Gasteiger partial charge in [-0.05, 0) is 44.1 Å². The molecule has 130 valence electrons. The summed E-state index contributed by atoms with van der Waals surface area (Å²) in [5, 5.41) is 4.77. The molecular weight excluding hydrogens is 336 g/mol. The van der Waals surface area contributed by atoms with Crippen molar-refractivity contribution >= 4 is 29.0 Å². The number of rotatable bonds is 4. The van der Waals surface area contributed by atoms with Gasteiger partial charge in [-0.25, -0.2) is 9.97 Å². The Morgan fingerprint density at radius 1 is 1.28 bits per heavy atom. The van der Waals surface area contributed by atoms with Gasteiger partial charge in [-0.3, -0.25) is 9.59 Å². The topological polar surface area (TPSA) is 75.2 Å². The van der Waals surface area contributed by atoms with Crippen molar-refractivity contribution in [3.05, 3.63) is 40.0 Å². The van der Waals surface area contributed by atoms with Gasteiger partial charge >= 0.3 is 0 Å². The summed E-state index contributed by atoms with van der Waals surface area (Å²) >= 11 is 1.41. The van der Waals surface area contributed by atoms with Gasteiger partial charge in [-0.2, -0.15) is 0 Å². The third kappa shape index (κ3) is 3.42. The number of hydrogen-bond donors (Lipinski definition) is 1. The molecule has 2 aromatic rings. The fourth-order valence-electron chi connectivity index (χ4n) is 3.28. The Labute approximate surface area is 150 Å². The van der Waals surface area contributed by atoms with E-state index in [1.54, 1.807) is 11.0 Å². The Bertz CT molecular complexity index is 801. The van der Waals surface area contributed by atoms with Crippen LogP contribution in [-0.2, 0) is 4.79 Å². The molecule has 2 fully saturated rings. The van der Waals surface area contributed by atoms with Crippen molar-refractivity contribution in [1.29, 1.82) is 0 Å². The molecule has 0 radical (unpaired) electrons. The van der Waals surface area contributed by atoms with Gasteiger partial charge in [-0.1, -0.05) is 6.07 Å². The van der Waals surface area contributed by atoms with Crippen LogP contribution in [0.5, 0.6) is 0 Å². The molecule has 4 rings (SSSR count). The van der Waals surface area contributed by atoms with Crippen LogP contribution in [0.25, 0.3) is 0 Å². The van der Waals surface area contributed by atoms with Gasteiger partial charge in [-0.15, -0.1) is 11.3 Å². The fraction of sp³-hybridized carbons (Fsp3) is 0.444. The average molecular weight is 356 g/mol. The number of nitrogens with zero attached hydrogens (tertiary/aromatic N) is 3. The molecule has 2 amide bonds. The van der Waals surface area contributed by atoms with Crippen LogP contribution in [-0.4, -0.2) is 39.3 Å². The van der Waals surface area contributed by atoms with E-state index in [1.165, 1.54) is 11.3 Å². The van der Waals surface area contributed by atoms with Crippen molar-refractivity contribution in [3.63, 3.8) is 0 Å². The highest BCUT2D eigenvalue weighted by atomic mass is 32.1. The van der Waals surface area contributed by atoms with Crippen molar-refractivity contribution in [1.82, 2.24) is 14.9 Å². The third-order valence-electron chi connectivity index (χ3n) is 4.65. The first-order chi connectivity index (χ1) is 12.1. The average Bonchev–Trinajstić information content (AvgIpc) is 3.10. The molecule has 1 aliphatic carbocycles. The molecule has 0 aromatic carbocycles. The first-order valence-electron chi connectivity index (χ1n) is 8.63. The smallest absolute Gasteiger partial charge is 0.264 e. The zero-order valence-corrected chi connectivity index (χ0v) is 14.9. The van der Waals surface area contributed by atoms with Crippen LogP contribution in [0.1, 0.15) is 52.8 Å². The predicted octanol–water partition coefficient (Wildman–Crippen LogP) is 2.97. The highest BCUT2D eigenvalue weighted by Gasteiger charge is 2.35. The van der Waals surface area contributed by atoms with Gasteiger partial charge < -0.3 is 10.2 Å². The van der Waals surface area contributed by atoms with E-state index in [0.29, 0.717) is 35.4 Å². The Morgan fingerprint density at radius 2 is 2.12 bits per heavy atom. The number of carbonyl (C=O) groups is 2. The molecule has 0 unspecified atom stereocenters. The van der Waals surface area contributed by atoms with Gasteiger partial charge in [0.1, 0.15) is 17.7 Å². The van der Waals surface area contributed by atoms with E-state index in [4.69, 9.17) is 0 Å². The zero-order chi connectivity index (χ0) is 17.4. The van der Waals surface area contributed by atoms with Gasteiger partial charge in [0.15, 0.2) is 0 Å². The maximum absolute atomic E-state index is 12.7. The van der Waals surface area contributed by atoms with E-state index in [1.807, 2.05) is 24.4 Å². The highest BCUT2D eigenvalue weighted by molar-refractivity contribution is 7.12. The molecule has 0 bridgehead atoms. The molecule has 6 nitrogen and oxygen atoms in total. The molecule has 1 saturated carbocycles. The van der Waals surface area contributed by atoms with E-state index in [9.17, 15) is 9.59 Å². The quantitative estimate of drug-likeness (QED) is 0.914. The van der Waals surface area contributed by atoms with E-state index < -0.39 is 6.04 Å². The van der Waals surface area contributed by atoms with Crippen LogP contribution in [0.3, 0.4) is 0 Å². The molecule has 1 N–H and O–H groups in total. The largest absolute Gasteiger partial charge is 0.326 e. The number of anilines is 1. The maximum Gasteiger partial charge on any atom is 0.264 e. The Hall–Kier alpha value is -2.28. The maximum atomic E-state index is 12.7. The second-order valence-electron chi connectivity index (χ2n) is 6.62. The van der Waals surface area contributed by atoms with Crippen molar-refractivity contribution in [2.45, 2.75) is 44.6 Å². The lowest BCUT2D eigenvalue weighted by Gasteiger charge is -2.23. The van der Waals surface area contributed by atoms with Crippen molar-refractivity contribution < 1.29 is 9.59 Å². The van der Waals surface area contributed by atoms with Gasteiger partial charge in [0, 0.05) is 24.2 Å².